The number of piperazine rings is 1. The Kier molecular flexibility index (Phi) is 5.18. The Hall–Kier alpha value is -1.84. The molecule has 0 radical (unpaired) electrons. The number of aromatic nitrogens is 3. The Morgan fingerprint density at radius 1 is 1.26 bits per heavy atom. The third-order valence-electron chi connectivity index (χ3n) is 5.73. The third kappa shape index (κ3) is 3.70. The van der Waals surface area contributed by atoms with Gasteiger partial charge in [-0.3, -0.25) is 4.90 Å². The molecule has 5 heterocycles. The second-order valence-electron chi connectivity index (χ2n) is 8.97. The minimum Gasteiger partial charge on any atom is -0.444 e. The number of ether oxygens (including phenoxy) is 1. The van der Waals surface area contributed by atoms with Crippen LogP contribution in [0.25, 0.3) is 20.3 Å². The lowest BCUT2D eigenvalue weighted by Crippen LogP contribution is -2.57. The molecule has 2 saturated heterocycles. The van der Waals surface area contributed by atoms with E-state index in [1.54, 1.807) is 17.5 Å². The molecule has 0 spiro atoms. The number of anilines is 1. The van der Waals surface area contributed by atoms with Gasteiger partial charge < -0.3 is 9.64 Å². The number of thioether (sulfide) groups is 1. The maximum atomic E-state index is 12.8. The fraction of sp³-hybridized carbons (Fsp3) is 0.524. The molecule has 2 aliphatic heterocycles. The smallest absolute Gasteiger partial charge is 0.410 e. The maximum Gasteiger partial charge on any atom is 0.410 e. The summed E-state index contributed by atoms with van der Waals surface area (Å²) in [5.74, 6) is 0.920. The summed E-state index contributed by atoms with van der Waals surface area (Å²) in [5, 5.41) is 3.28. The topological polar surface area (TPSA) is 71.5 Å². The first-order valence-electron chi connectivity index (χ1n) is 10.3. The SMILES string of the molecule is CSc1nc(N2CC3CCC(C2)N3C(=O)OC(C)(C)C)c2c(n1)sc1c(Cl)nccc12. The number of pyridine rings is 1. The molecule has 0 aromatic carbocycles. The Morgan fingerprint density at radius 2 is 1.97 bits per heavy atom. The molecule has 3 aromatic rings. The van der Waals surface area contributed by atoms with E-state index in [1.165, 1.54) is 11.8 Å². The van der Waals surface area contributed by atoms with Crippen LogP contribution in [0.15, 0.2) is 17.4 Å². The molecule has 2 bridgehead atoms. The van der Waals surface area contributed by atoms with Gasteiger partial charge in [0.15, 0.2) is 5.16 Å². The molecule has 0 saturated carbocycles. The summed E-state index contributed by atoms with van der Waals surface area (Å²) in [6.07, 6.45) is 5.45. The van der Waals surface area contributed by atoms with Gasteiger partial charge >= 0.3 is 6.09 Å². The maximum absolute atomic E-state index is 12.8. The standard InChI is InChI=1S/C21H24ClN5O2S2/c1-21(2,3)29-20(28)27-11-5-6-12(27)10-26(9-11)17-14-13-7-8-23-16(22)15(13)31-18(14)25-19(24-17)30-4/h7-8,11-12H,5-6,9-10H2,1-4H3. The minimum absolute atomic E-state index is 0.117. The molecule has 2 fully saturated rings. The van der Waals surface area contributed by atoms with E-state index in [-0.39, 0.29) is 18.2 Å². The lowest BCUT2D eigenvalue weighted by Gasteiger charge is -2.42. The fourth-order valence-corrected chi connectivity index (χ4v) is 6.28. The van der Waals surface area contributed by atoms with Gasteiger partial charge in [-0.2, -0.15) is 0 Å². The number of amides is 1. The highest BCUT2D eigenvalue weighted by Gasteiger charge is 2.45. The van der Waals surface area contributed by atoms with Crippen molar-refractivity contribution in [2.24, 2.45) is 0 Å². The molecule has 31 heavy (non-hydrogen) atoms. The van der Waals surface area contributed by atoms with Crippen LogP contribution in [0.4, 0.5) is 10.6 Å². The number of carbonyl (C=O) groups is 1. The zero-order valence-corrected chi connectivity index (χ0v) is 20.3. The van der Waals surface area contributed by atoms with Crippen LogP contribution in [0.5, 0.6) is 0 Å². The summed E-state index contributed by atoms with van der Waals surface area (Å²) in [6, 6.07) is 2.22. The average molecular weight is 478 g/mol. The van der Waals surface area contributed by atoms with Crippen LogP contribution in [0.2, 0.25) is 5.15 Å². The lowest BCUT2D eigenvalue weighted by atomic mass is 10.1. The normalized spacial score (nSPS) is 21.3. The van der Waals surface area contributed by atoms with Gasteiger partial charge in [0.1, 0.15) is 21.4 Å². The first-order valence-corrected chi connectivity index (χ1v) is 12.7. The zero-order valence-electron chi connectivity index (χ0n) is 17.9. The van der Waals surface area contributed by atoms with Crippen LogP contribution in [0.1, 0.15) is 33.6 Å². The third-order valence-corrected chi connectivity index (χ3v) is 7.79. The second-order valence-corrected chi connectivity index (χ2v) is 11.1. The largest absolute Gasteiger partial charge is 0.444 e. The molecule has 2 aliphatic rings. The quantitative estimate of drug-likeness (QED) is 0.285. The number of thiophene rings is 1. The Labute approximate surface area is 194 Å². The molecule has 164 valence electrons. The number of fused-ring (bicyclic) bond motifs is 5. The molecule has 2 unspecified atom stereocenters. The Morgan fingerprint density at radius 3 is 2.61 bits per heavy atom. The molecule has 7 nitrogen and oxygen atoms in total. The molecule has 0 N–H and O–H groups in total. The van der Waals surface area contributed by atoms with E-state index >= 15 is 0 Å². The molecule has 10 heteroatoms. The van der Waals surface area contributed by atoms with E-state index < -0.39 is 5.60 Å². The molecule has 5 rings (SSSR count). The van der Waals surface area contributed by atoms with E-state index in [2.05, 4.69) is 9.88 Å². The summed E-state index contributed by atoms with van der Waals surface area (Å²) in [7, 11) is 0. The highest BCUT2D eigenvalue weighted by molar-refractivity contribution is 7.98. The van der Waals surface area contributed by atoms with Crippen molar-refractivity contribution >= 4 is 66.9 Å². The summed E-state index contributed by atoms with van der Waals surface area (Å²) < 4.78 is 6.62. The van der Waals surface area contributed by atoms with Crippen LogP contribution in [-0.4, -0.2) is 63.0 Å². The van der Waals surface area contributed by atoms with E-state index in [0.717, 1.165) is 57.2 Å². The number of hydrogen-bond donors (Lipinski definition) is 0. The molecular weight excluding hydrogens is 454 g/mol. The van der Waals surface area contributed by atoms with Gasteiger partial charge in [0, 0.05) is 24.7 Å². The summed E-state index contributed by atoms with van der Waals surface area (Å²) in [6.45, 7) is 7.18. The van der Waals surface area contributed by atoms with Gasteiger partial charge in [-0.25, -0.2) is 19.7 Å². The predicted molar refractivity (Wildman–Crippen MR) is 127 cm³/mol. The van der Waals surface area contributed by atoms with E-state index in [0.29, 0.717) is 5.15 Å². The first-order chi connectivity index (χ1) is 14.7. The van der Waals surface area contributed by atoms with Crippen LogP contribution in [0, 0.1) is 0 Å². The van der Waals surface area contributed by atoms with Crippen molar-refractivity contribution in [2.45, 2.75) is 56.5 Å². The van der Waals surface area contributed by atoms with Crippen LogP contribution < -0.4 is 4.90 Å². The number of nitrogens with zero attached hydrogens (tertiary/aromatic N) is 5. The predicted octanol–water partition coefficient (Wildman–Crippen LogP) is 5.20. The molecule has 2 atom stereocenters. The van der Waals surface area contributed by atoms with Crippen LogP contribution in [-0.2, 0) is 4.74 Å². The van der Waals surface area contributed by atoms with Crippen molar-refractivity contribution in [3.63, 3.8) is 0 Å². The van der Waals surface area contributed by atoms with Crippen molar-refractivity contribution in [3.05, 3.63) is 17.4 Å². The molecular formula is C21H24ClN5O2S2. The second kappa shape index (κ2) is 7.64. The van der Waals surface area contributed by atoms with Crippen molar-refractivity contribution in [2.75, 3.05) is 24.2 Å². The summed E-state index contributed by atoms with van der Waals surface area (Å²) >= 11 is 9.46. The molecule has 0 aliphatic carbocycles. The van der Waals surface area contributed by atoms with Gasteiger partial charge in [0.2, 0.25) is 0 Å². The number of hydrogen-bond acceptors (Lipinski definition) is 8. The van der Waals surface area contributed by atoms with E-state index in [1.807, 2.05) is 38.0 Å². The minimum atomic E-state index is -0.497. The highest BCUT2D eigenvalue weighted by Crippen LogP contribution is 2.42. The zero-order chi connectivity index (χ0) is 21.9. The van der Waals surface area contributed by atoms with Crippen molar-refractivity contribution in [1.82, 2.24) is 19.9 Å². The highest BCUT2D eigenvalue weighted by atomic mass is 35.5. The van der Waals surface area contributed by atoms with Crippen molar-refractivity contribution in [3.8, 4) is 0 Å². The Balaban J connectivity index is 1.54. The van der Waals surface area contributed by atoms with Crippen molar-refractivity contribution in [1.29, 1.82) is 0 Å². The van der Waals surface area contributed by atoms with Gasteiger partial charge in [-0.05, 0) is 45.9 Å². The van der Waals surface area contributed by atoms with E-state index in [4.69, 9.17) is 26.3 Å². The number of rotatable bonds is 2. The Bertz CT molecular complexity index is 1160. The van der Waals surface area contributed by atoms with Gasteiger partial charge in [0.25, 0.3) is 0 Å². The number of halogens is 1. The first kappa shape index (κ1) is 21.0. The van der Waals surface area contributed by atoms with Crippen molar-refractivity contribution < 1.29 is 9.53 Å². The van der Waals surface area contributed by atoms with Crippen LogP contribution >= 0.6 is 34.7 Å². The molecule has 1 amide bonds. The van der Waals surface area contributed by atoms with Gasteiger partial charge in [-0.1, -0.05) is 23.4 Å². The van der Waals surface area contributed by atoms with Crippen LogP contribution in [0.3, 0.4) is 0 Å². The number of carbonyl (C=O) groups excluding carboxylic acids is 1. The van der Waals surface area contributed by atoms with Gasteiger partial charge in [0.05, 0.1) is 22.2 Å². The fourth-order valence-electron chi connectivity index (χ4n) is 4.54. The monoisotopic (exact) mass is 477 g/mol. The summed E-state index contributed by atoms with van der Waals surface area (Å²) in [4.78, 5) is 31.9. The van der Waals surface area contributed by atoms with E-state index in [9.17, 15) is 4.79 Å². The average Bonchev–Trinajstić information content (AvgIpc) is 3.21. The lowest BCUT2D eigenvalue weighted by molar-refractivity contribution is 0.0123. The van der Waals surface area contributed by atoms with Gasteiger partial charge in [-0.15, -0.1) is 11.3 Å². The summed E-state index contributed by atoms with van der Waals surface area (Å²) in [5.41, 5.74) is -0.497. The molecule has 3 aromatic heterocycles.